The number of anilines is 2. The molecule has 1 fully saturated rings. The van der Waals surface area contributed by atoms with E-state index in [1.165, 1.54) is 36.4 Å². The average molecular weight is 401 g/mol. The molecule has 2 aromatic rings. The number of nitrogens with zero attached hydrogens (tertiary/aromatic N) is 1. The van der Waals surface area contributed by atoms with Gasteiger partial charge < -0.3 is 11.1 Å². The second kappa shape index (κ2) is 6.75. The fourth-order valence-electron chi connectivity index (χ4n) is 3.04. The molecule has 0 atom stereocenters. The van der Waals surface area contributed by atoms with Gasteiger partial charge in [0.15, 0.2) is 0 Å². The Bertz CT molecular complexity index is 1090. The van der Waals surface area contributed by atoms with Crippen molar-refractivity contribution in [2.75, 3.05) is 15.4 Å². The van der Waals surface area contributed by atoms with Crippen LogP contribution in [0.1, 0.15) is 34.6 Å². The van der Waals surface area contributed by atoms with E-state index in [9.17, 15) is 22.8 Å². The van der Waals surface area contributed by atoms with Gasteiger partial charge in [-0.1, -0.05) is 18.2 Å². The van der Waals surface area contributed by atoms with Crippen LogP contribution < -0.4 is 15.4 Å². The molecule has 3 N–H and O–H groups in total. The summed E-state index contributed by atoms with van der Waals surface area (Å²) in [7, 11) is -3.83. The molecule has 0 spiro atoms. The number of nitrogens with two attached hydrogens (primary N) is 1. The highest BCUT2D eigenvalue weighted by Crippen LogP contribution is 2.36. The average Bonchev–Trinajstić information content (AvgIpc) is 2.78. The van der Waals surface area contributed by atoms with Crippen LogP contribution in [0.25, 0.3) is 0 Å². The highest BCUT2D eigenvalue weighted by Gasteiger charge is 2.49. The Hall–Kier alpha value is -3.20. The van der Waals surface area contributed by atoms with Crippen LogP contribution in [-0.2, 0) is 14.8 Å². The summed E-state index contributed by atoms with van der Waals surface area (Å²) in [5, 5.41) is 2.58. The van der Waals surface area contributed by atoms with Crippen molar-refractivity contribution in [1.82, 2.24) is 0 Å². The smallest absolute Gasteiger partial charge is 0.255 e. The summed E-state index contributed by atoms with van der Waals surface area (Å²) in [4.78, 5) is 36.6. The normalized spacial score (nSPS) is 17.4. The summed E-state index contributed by atoms with van der Waals surface area (Å²) in [6.45, 7) is 3.12. The van der Waals surface area contributed by atoms with Crippen molar-refractivity contribution in [2.24, 2.45) is 11.1 Å². The van der Waals surface area contributed by atoms with Gasteiger partial charge >= 0.3 is 0 Å². The molecule has 3 amide bonds. The van der Waals surface area contributed by atoms with E-state index in [1.54, 1.807) is 26.0 Å². The maximum atomic E-state index is 12.6. The quantitative estimate of drug-likeness (QED) is 0.807. The molecule has 2 aromatic carbocycles. The fourth-order valence-corrected chi connectivity index (χ4v) is 5.14. The lowest BCUT2D eigenvalue weighted by Crippen LogP contribution is -2.33. The van der Waals surface area contributed by atoms with Crippen molar-refractivity contribution in [3.05, 3.63) is 59.7 Å². The molecule has 9 heteroatoms. The van der Waals surface area contributed by atoms with Gasteiger partial charge in [0.05, 0.1) is 28.1 Å². The highest BCUT2D eigenvalue weighted by atomic mass is 32.2. The van der Waals surface area contributed by atoms with Crippen LogP contribution in [0, 0.1) is 5.41 Å². The van der Waals surface area contributed by atoms with Crippen LogP contribution in [0.5, 0.6) is 0 Å². The zero-order valence-electron chi connectivity index (χ0n) is 15.3. The third kappa shape index (κ3) is 3.48. The molecular weight excluding hydrogens is 382 g/mol. The van der Waals surface area contributed by atoms with E-state index in [-0.39, 0.29) is 28.3 Å². The summed E-state index contributed by atoms with van der Waals surface area (Å²) in [6, 6.07) is 12.0. The van der Waals surface area contributed by atoms with Crippen LogP contribution >= 0.6 is 0 Å². The zero-order valence-corrected chi connectivity index (χ0v) is 16.1. The van der Waals surface area contributed by atoms with E-state index >= 15 is 0 Å². The van der Waals surface area contributed by atoms with Crippen molar-refractivity contribution in [3.63, 3.8) is 0 Å². The number of sulfonamides is 1. The summed E-state index contributed by atoms with van der Waals surface area (Å²) >= 11 is 0. The first-order valence-electron chi connectivity index (χ1n) is 8.41. The molecule has 1 aliphatic heterocycles. The number of nitrogens with one attached hydrogen (secondary N) is 1. The molecule has 1 aliphatic rings. The van der Waals surface area contributed by atoms with E-state index in [4.69, 9.17) is 5.73 Å². The lowest BCUT2D eigenvalue weighted by Gasteiger charge is -2.18. The Morgan fingerprint density at radius 2 is 1.79 bits per heavy atom. The number of carbonyl (C=O) groups is 3. The molecule has 0 unspecified atom stereocenters. The Morgan fingerprint density at radius 3 is 2.39 bits per heavy atom. The summed E-state index contributed by atoms with van der Waals surface area (Å²) in [5.41, 5.74) is 4.86. The molecule has 3 rings (SSSR count). The number of para-hydroxylation sites is 1. The van der Waals surface area contributed by atoms with Crippen molar-refractivity contribution in [2.45, 2.75) is 13.8 Å². The van der Waals surface area contributed by atoms with Gasteiger partial charge in [-0.15, -0.1) is 0 Å². The van der Waals surface area contributed by atoms with Crippen LogP contribution in [0.4, 0.5) is 11.4 Å². The van der Waals surface area contributed by atoms with Crippen molar-refractivity contribution in [3.8, 4) is 0 Å². The molecule has 8 nitrogen and oxygen atoms in total. The minimum atomic E-state index is -3.83. The first kappa shape index (κ1) is 19.6. The summed E-state index contributed by atoms with van der Waals surface area (Å²) in [5.74, 6) is -2.12. The third-order valence-electron chi connectivity index (χ3n) is 4.37. The minimum Gasteiger partial charge on any atom is -0.366 e. The van der Waals surface area contributed by atoms with Gasteiger partial charge in [0.2, 0.25) is 15.9 Å². The standard InChI is InChI=1S/C19H19N3O5S/c1-19(2)11-28(26,27)22(18(19)25)13-7-5-6-12(10-13)17(24)21-15-9-4-3-8-14(15)16(20)23/h3-10H,11H2,1-2H3,(H2,20,23)(H,21,24). The number of rotatable bonds is 4. The second-order valence-corrected chi connectivity index (χ2v) is 8.94. The van der Waals surface area contributed by atoms with Crippen LogP contribution in [0.15, 0.2) is 48.5 Å². The maximum absolute atomic E-state index is 12.6. The predicted octanol–water partition coefficient (Wildman–Crippen LogP) is 1.74. The van der Waals surface area contributed by atoms with Gasteiger partial charge in [0.1, 0.15) is 0 Å². The first-order chi connectivity index (χ1) is 13.0. The number of hydrogen-bond donors (Lipinski definition) is 2. The number of hydrogen-bond acceptors (Lipinski definition) is 5. The van der Waals surface area contributed by atoms with Gasteiger partial charge in [0.25, 0.3) is 11.8 Å². The Kier molecular flexibility index (Phi) is 4.72. The Balaban J connectivity index is 1.94. The van der Waals surface area contributed by atoms with Crippen molar-refractivity contribution in [1.29, 1.82) is 0 Å². The van der Waals surface area contributed by atoms with E-state index < -0.39 is 33.2 Å². The number of benzene rings is 2. The Morgan fingerprint density at radius 1 is 1.11 bits per heavy atom. The molecule has 0 aliphatic carbocycles. The van der Waals surface area contributed by atoms with Crippen LogP contribution in [0.3, 0.4) is 0 Å². The molecule has 0 aromatic heterocycles. The zero-order chi connectivity index (χ0) is 20.7. The van der Waals surface area contributed by atoms with Gasteiger partial charge in [-0.05, 0) is 44.2 Å². The monoisotopic (exact) mass is 401 g/mol. The van der Waals surface area contributed by atoms with E-state index in [0.717, 1.165) is 4.31 Å². The fraction of sp³-hybridized carbons (Fsp3) is 0.211. The highest BCUT2D eigenvalue weighted by molar-refractivity contribution is 7.94. The van der Waals surface area contributed by atoms with Crippen LogP contribution in [0.2, 0.25) is 0 Å². The first-order valence-corrected chi connectivity index (χ1v) is 10.0. The lowest BCUT2D eigenvalue weighted by atomic mass is 9.95. The third-order valence-corrected chi connectivity index (χ3v) is 6.39. The summed E-state index contributed by atoms with van der Waals surface area (Å²) in [6.07, 6.45) is 0. The molecule has 1 heterocycles. The number of amides is 3. The number of carbonyl (C=O) groups excluding carboxylic acids is 3. The SMILES string of the molecule is CC1(C)CS(=O)(=O)N(c2cccc(C(=O)Nc3ccccc3C(N)=O)c2)C1=O. The summed E-state index contributed by atoms with van der Waals surface area (Å²) < 4.78 is 25.6. The maximum Gasteiger partial charge on any atom is 0.255 e. The largest absolute Gasteiger partial charge is 0.366 e. The Labute approximate surface area is 162 Å². The predicted molar refractivity (Wildman–Crippen MR) is 104 cm³/mol. The van der Waals surface area contributed by atoms with Crippen molar-refractivity contribution < 1.29 is 22.8 Å². The van der Waals surface area contributed by atoms with Gasteiger partial charge in [-0.2, -0.15) is 0 Å². The van der Waals surface area contributed by atoms with Gasteiger partial charge in [-0.25, -0.2) is 12.7 Å². The minimum absolute atomic E-state index is 0.0893. The molecule has 0 saturated carbocycles. The molecule has 1 saturated heterocycles. The van der Waals surface area contributed by atoms with Gasteiger partial charge in [-0.3, -0.25) is 14.4 Å². The topological polar surface area (TPSA) is 127 Å². The molecule has 28 heavy (non-hydrogen) atoms. The van der Waals surface area contributed by atoms with Crippen molar-refractivity contribution >= 4 is 39.1 Å². The molecule has 0 bridgehead atoms. The molecule has 0 radical (unpaired) electrons. The van der Waals surface area contributed by atoms with E-state index in [1.807, 2.05) is 0 Å². The molecule has 146 valence electrons. The second-order valence-electron chi connectivity index (χ2n) is 7.12. The lowest BCUT2D eigenvalue weighted by molar-refractivity contribution is -0.123. The number of primary amides is 1. The molecular formula is C19H19N3O5S. The van der Waals surface area contributed by atoms with Gasteiger partial charge in [0, 0.05) is 5.56 Å². The van der Waals surface area contributed by atoms with Crippen LogP contribution in [-0.4, -0.2) is 31.9 Å². The van der Waals surface area contributed by atoms with E-state index in [0.29, 0.717) is 0 Å². The van der Waals surface area contributed by atoms with E-state index in [2.05, 4.69) is 5.32 Å².